The largest absolute Gasteiger partial charge is 0.313 e. The van der Waals surface area contributed by atoms with Gasteiger partial charge >= 0.3 is 0 Å². The Bertz CT molecular complexity index is 534. The lowest BCUT2D eigenvalue weighted by molar-refractivity contribution is 0.581. The quantitative estimate of drug-likeness (QED) is 0.810. The second-order valence-corrected chi connectivity index (χ2v) is 4.76. The van der Waals surface area contributed by atoms with Gasteiger partial charge in [0.2, 0.25) is 0 Å². The highest BCUT2D eigenvalue weighted by Gasteiger charge is 2.05. The third-order valence-electron chi connectivity index (χ3n) is 2.97. The molecule has 0 bridgehead atoms. The summed E-state index contributed by atoms with van der Waals surface area (Å²) in [6.07, 6.45) is 2.97. The molecule has 0 unspecified atom stereocenters. The van der Waals surface area contributed by atoms with Crippen molar-refractivity contribution in [2.24, 2.45) is 0 Å². The predicted molar refractivity (Wildman–Crippen MR) is 74.5 cm³/mol. The maximum atomic E-state index is 13.8. The number of nitrogens with one attached hydrogen (secondary N) is 1. The first kappa shape index (κ1) is 13.7. The average Bonchev–Trinajstić information content (AvgIpc) is 2.79. The number of halogens is 1. The van der Waals surface area contributed by atoms with Crippen molar-refractivity contribution in [3.8, 4) is 0 Å². The zero-order valence-electron chi connectivity index (χ0n) is 11.5. The molecule has 0 saturated carbocycles. The highest BCUT2D eigenvalue weighted by atomic mass is 19.1. The molecule has 102 valence electrons. The van der Waals surface area contributed by atoms with Crippen LogP contribution in [-0.2, 0) is 13.1 Å². The van der Waals surface area contributed by atoms with Crippen molar-refractivity contribution < 1.29 is 4.39 Å². The maximum absolute atomic E-state index is 13.8. The Labute approximate surface area is 113 Å². The summed E-state index contributed by atoms with van der Waals surface area (Å²) in [7, 11) is 0. The predicted octanol–water partition coefficient (Wildman–Crippen LogP) is 2.88. The molecule has 0 aliphatic carbocycles. The maximum Gasteiger partial charge on any atom is 0.128 e. The standard InChI is InChI=1S/C15H20FN3/c1-3-7-17-10-13-4-5-15(16)14(9-13)11-19-8-6-12(2)18-19/h4-6,8-9,17H,3,7,10-11H2,1-2H3. The smallest absolute Gasteiger partial charge is 0.128 e. The molecular weight excluding hydrogens is 241 g/mol. The van der Waals surface area contributed by atoms with Crippen LogP contribution in [0, 0.1) is 12.7 Å². The van der Waals surface area contributed by atoms with Gasteiger partial charge in [0.15, 0.2) is 0 Å². The van der Waals surface area contributed by atoms with Crippen LogP contribution in [0.15, 0.2) is 30.5 Å². The van der Waals surface area contributed by atoms with E-state index in [0.717, 1.165) is 30.8 Å². The van der Waals surface area contributed by atoms with E-state index in [0.29, 0.717) is 12.1 Å². The van der Waals surface area contributed by atoms with Gasteiger partial charge in [-0.1, -0.05) is 13.0 Å². The van der Waals surface area contributed by atoms with Crippen LogP contribution >= 0.6 is 0 Å². The van der Waals surface area contributed by atoms with Crippen molar-refractivity contribution in [2.75, 3.05) is 6.54 Å². The number of rotatable bonds is 6. The van der Waals surface area contributed by atoms with Crippen LogP contribution in [0.2, 0.25) is 0 Å². The highest BCUT2D eigenvalue weighted by Crippen LogP contribution is 2.12. The third kappa shape index (κ3) is 3.89. The van der Waals surface area contributed by atoms with Gasteiger partial charge in [-0.05, 0) is 43.7 Å². The molecule has 2 rings (SSSR count). The molecule has 0 spiro atoms. The zero-order valence-corrected chi connectivity index (χ0v) is 11.5. The Morgan fingerprint density at radius 1 is 1.32 bits per heavy atom. The van der Waals surface area contributed by atoms with Crippen molar-refractivity contribution in [2.45, 2.75) is 33.4 Å². The van der Waals surface area contributed by atoms with Gasteiger partial charge in [0.05, 0.1) is 12.2 Å². The van der Waals surface area contributed by atoms with E-state index in [-0.39, 0.29) is 5.82 Å². The van der Waals surface area contributed by atoms with E-state index in [1.807, 2.05) is 31.3 Å². The summed E-state index contributed by atoms with van der Waals surface area (Å²) in [6.45, 7) is 6.28. The Hall–Kier alpha value is -1.68. The van der Waals surface area contributed by atoms with Gasteiger partial charge in [-0.3, -0.25) is 4.68 Å². The van der Waals surface area contributed by atoms with E-state index in [1.165, 1.54) is 6.07 Å². The molecule has 0 fully saturated rings. The molecule has 0 aliphatic rings. The van der Waals surface area contributed by atoms with E-state index < -0.39 is 0 Å². The van der Waals surface area contributed by atoms with Crippen LogP contribution in [0.5, 0.6) is 0 Å². The highest BCUT2D eigenvalue weighted by molar-refractivity contribution is 5.25. The molecule has 1 N–H and O–H groups in total. The Balaban J connectivity index is 2.08. The molecule has 1 aromatic carbocycles. The van der Waals surface area contributed by atoms with Gasteiger partial charge in [-0.25, -0.2) is 4.39 Å². The first-order valence-corrected chi connectivity index (χ1v) is 6.67. The normalized spacial score (nSPS) is 10.9. The summed E-state index contributed by atoms with van der Waals surface area (Å²) >= 11 is 0. The molecular formula is C15H20FN3. The average molecular weight is 261 g/mol. The lowest BCUT2D eigenvalue weighted by atomic mass is 10.1. The van der Waals surface area contributed by atoms with Gasteiger partial charge in [-0.15, -0.1) is 0 Å². The first-order valence-electron chi connectivity index (χ1n) is 6.67. The van der Waals surface area contributed by atoms with Crippen LogP contribution in [0.3, 0.4) is 0 Å². The minimum absolute atomic E-state index is 0.174. The summed E-state index contributed by atoms with van der Waals surface area (Å²) in [5, 5.41) is 7.61. The van der Waals surface area contributed by atoms with Crippen LogP contribution in [-0.4, -0.2) is 16.3 Å². The second kappa shape index (κ2) is 6.48. The fraction of sp³-hybridized carbons (Fsp3) is 0.400. The zero-order chi connectivity index (χ0) is 13.7. The monoisotopic (exact) mass is 261 g/mol. The van der Waals surface area contributed by atoms with Crippen LogP contribution in [0.4, 0.5) is 4.39 Å². The summed E-state index contributed by atoms with van der Waals surface area (Å²) in [6, 6.07) is 7.20. The van der Waals surface area contributed by atoms with E-state index in [4.69, 9.17) is 0 Å². The first-order chi connectivity index (χ1) is 9.19. The number of aromatic nitrogens is 2. The van der Waals surface area contributed by atoms with E-state index >= 15 is 0 Å². The second-order valence-electron chi connectivity index (χ2n) is 4.76. The Morgan fingerprint density at radius 2 is 2.16 bits per heavy atom. The van der Waals surface area contributed by atoms with Gasteiger partial charge in [0, 0.05) is 18.3 Å². The van der Waals surface area contributed by atoms with Crippen molar-refractivity contribution in [1.82, 2.24) is 15.1 Å². The van der Waals surface area contributed by atoms with Crippen molar-refractivity contribution in [3.05, 3.63) is 53.1 Å². The molecule has 1 heterocycles. The lowest BCUT2D eigenvalue weighted by Gasteiger charge is -2.08. The Morgan fingerprint density at radius 3 is 2.84 bits per heavy atom. The number of nitrogens with zero attached hydrogens (tertiary/aromatic N) is 2. The van der Waals surface area contributed by atoms with Crippen LogP contribution in [0.1, 0.15) is 30.2 Å². The Kier molecular flexibility index (Phi) is 4.68. The topological polar surface area (TPSA) is 29.9 Å². The summed E-state index contributed by atoms with van der Waals surface area (Å²) in [4.78, 5) is 0. The van der Waals surface area contributed by atoms with Gasteiger partial charge in [-0.2, -0.15) is 5.10 Å². The van der Waals surface area contributed by atoms with Crippen molar-refractivity contribution in [3.63, 3.8) is 0 Å². The van der Waals surface area contributed by atoms with E-state index in [2.05, 4.69) is 17.3 Å². The van der Waals surface area contributed by atoms with Gasteiger partial charge in [0.25, 0.3) is 0 Å². The molecule has 4 heteroatoms. The molecule has 0 aliphatic heterocycles. The number of aryl methyl sites for hydroxylation is 1. The SMILES string of the molecule is CCCNCc1ccc(F)c(Cn2ccc(C)n2)c1. The molecule has 0 radical (unpaired) electrons. The minimum Gasteiger partial charge on any atom is -0.313 e. The van der Waals surface area contributed by atoms with Crippen LogP contribution in [0.25, 0.3) is 0 Å². The van der Waals surface area contributed by atoms with Crippen LogP contribution < -0.4 is 5.32 Å². The van der Waals surface area contributed by atoms with Gasteiger partial charge < -0.3 is 5.32 Å². The summed E-state index contributed by atoms with van der Waals surface area (Å²) in [5.41, 5.74) is 2.73. The molecule has 1 aromatic heterocycles. The lowest BCUT2D eigenvalue weighted by Crippen LogP contribution is -2.14. The molecule has 0 amide bonds. The fourth-order valence-electron chi connectivity index (χ4n) is 1.99. The number of benzene rings is 1. The van der Waals surface area contributed by atoms with E-state index in [1.54, 1.807) is 4.68 Å². The molecule has 0 saturated heterocycles. The minimum atomic E-state index is -0.174. The number of hydrogen-bond acceptors (Lipinski definition) is 2. The van der Waals surface area contributed by atoms with Crippen molar-refractivity contribution >= 4 is 0 Å². The van der Waals surface area contributed by atoms with E-state index in [9.17, 15) is 4.39 Å². The summed E-state index contributed by atoms with van der Waals surface area (Å²) in [5.74, 6) is -0.174. The fourth-order valence-corrected chi connectivity index (χ4v) is 1.99. The van der Waals surface area contributed by atoms with Crippen molar-refractivity contribution in [1.29, 1.82) is 0 Å². The number of hydrogen-bond donors (Lipinski definition) is 1. The van der Waals surface area contributed by atoms with Gasteiger partial charge in [0.1, 0.15) is 5.82 Å². The third-order valence-corrected chi connectivity index (χ3v) is 2.97. The molecule has 2 aromatic rings. The molecule has 3 nitrogen and oxygen atoms in total. The molecule has 19 heavy (non-hydrogen) atoms. The molecule has 0 atom stereocenters. The summed E-state index contributed by atoms with van der Waals surface area (Å²) < 4.78 is 15.5.